The molecule has 25 heavy (non-hydrogen) atoms. The van der Waals surface area contributed by atoms with Gasteiger partial charge in [0, 0.05) is 26.3 Å². The van der Waals surface area contributed by atoms with E-state index >= 15 is 0 Å². The number of hydrogen-bond acceptors (Lipinski definition) is 4. The lowest BCUT2D eigenvalue weighted by Crippen LogP contribution is -2.26. The molecule has 0 bridgehead atoms. The number of aliphatic carboxylic acids is 1. The fourth-order valence-corrected chi connectivity index (χ4v) is 2.59. The van der Waals surface area contributed by atoms with Crippen LogP contribution in [0.5, 0.6) is 11.6 Å². The summed E-state index contributed by atoms with van der Waals surface area (Å²) in [6, 6.07) is 4.96. The average Bonchev–Trinajstić information content (AvgIpc) is 2.83. The number of carboxylic acid groups (broad SMARTS) is 1. The van der Waals surface area contributed by atoms with E-state index in [-0.39, 0.29) is 25.1 Å². The van der Waals surface area contributed by atoms with Gasteiger partial charge in [0.2, 0.25) is 5.88 Å². The number of aromatic nitrogens is 1. The van der Waals surface area contributed by atoms with Crippen LogP contribution >= 0.6 is 23.2 Å². The molecule has 0 aliphatic carbocycles. The Morgan fingerprint density at radius 2 is 1.88 bits per heavy atom. The molecule has 1 aromatic heterocycles. The van der Waals surface area contributed by atoms with Crippen molar-refractivity contribution in [3.05, 3.63) is 45.6 Å². The largest absolute Gasteiger partial charge is 0.503 e. The standard InChI is InChI=1S/C16H16Cl2N2O5/c1-19(7-9-2-3-11(17)12(18)6-9)15(24)10-8-20(5-4-13(21)22)16(25)14(10)23/h2-3,6,8,23,25H,4-5,7H2,1H3,(H,21,22). The van der Waals surface area contributed by atoms with Gasteiger partial charge in [-0.15, -0.1) is 0 Å². The van der Waals surface area contributed by atoms with Gasteiger partial charge in [0.15, 0.2) is 5.75 Å². The van der Waals surface area contributed by atoms with E-state index in [2.05, 4.69) is 0 Å². The number of benzene rings is 1. The Morgan fingerprint density at radius 1 is 1.20 bits per heavy atom. The topological polar surface area (TPSA) is 103 Å². The van der Waals surface area contributed by atoms with E-state index in [0.29, 0.717) is 10.0 Å². The Hall–Kier alpha value is -2.38. The summed E-state index contributed by atoms with van der Waals surface area (Å²) in [6.07, 6.45) is 0.968. The third-order valence-corrected chi connectivity index (χ3v) is 4.31. The second-order valence-electron chi connectivity index (χ2n) is 5.46. The van der Waals surface area contributed by atoms with E-state index in [9.17, 15) is 19.8 Å². The minimum atomic E-state index is -1.06. The number of carbonyl (C=O) groups is 2. The summed E-state index contributed by atoms with van der Waals surface area (Å²) in [5, 5.41) is 29.2. The number of amides is 1. The molecule has 0 atom stereocenters. The van der Waals surface area contributed by atoms with E-state index in [1.807, 2.05) is 0 Å². The predicted molar refractivity (Wildman–Crippen MR) is 92.3 cm³/mol. The molecule has 0 spiro atoms. The average molecular weight is 387 g/mol. The number of halogens is 2. The van der Waals surface area contributed by atoms with Gasteiger partial charge in [0.25, 0.3) is 5.91 Å². The van der Waals surface area contributed by atoms with Crippen molar-refractivity contribution in [1.29, 1.82) is 0 Å². The number of aryl methyl sites for hydroxylation is 1. The Morgan fingerprint density at radius 3 is 2.48 bits per heavy atom. The van der Waals surface area contributed by atoms with Crippen LogP contribution in [-0.4, -0.2) is 43.7 Å². The zero-order chi connectivity index (χ0) is 18.7. The van der Waals surface area contributed by atoms with Crippen molar-refractivity contribution in [2.24, 2.45) is 0 Å². The summed E-state index contributed by atoms with van der Waals surface area (Å²) in [5.74, 6) is -2.73. The van der Waals surface area contributed by atoms with Gasteiger partial charge in [-0.1, -0.05) is 29.3 Å². The third kappa shape index (κ3) is 4.37. The minimum absolute atomic E-state index is 0.0709. The molecule has 0 aliphatic heterocycles. The van der Waals surface area contributed by atoms with Gasteiger partial charge in [-0.2, -0.15) is 0 Å². The van der Waals surface area contributed by atoms with E-state index in [1.165, 1.54) is 18.1 Å². The lowest BCUT2D eigenvalue weighted by molar-refractivity contribution is -0.137. The van der Waals surface area contributed by atoms with E-state index in [4.69, 9.17) is 28.3 Å². The highest BCUT2D eigenvalue weighted by atomic mass is 35.5. The maximum atomic E-state index is 12.5. The highest BCUT2D eigenvalue weighted by Gasteiger charge is 2.23. The first kappa shape index (κ1) is 19.0. The molecule has 0 unspecified atom stereocenters. The molecular weight excluding hydrogens is 371 g/mol. The normalized spacial score (nSPS) is 10.7. The molecule has 7 nitrogen and oxygen atoms in total. The molecule has 1 heterocycles. The lowest BCUT2D eigenvalue weighted by Gasteiger charge is -2.17. The van der Waals surface area contributed by atoms with Crippen molar-refractivity contribution in [3.63, 3.8) is 0 Å². The minimum Gasteiger partial charge on any atom is -0.503 e. The second-order valence-corrected chi connectivity index (χ2v) is 6.28. The molecule has 0 saturated heterocycles. The van der Waals surface area contributed by atoms with Gasteiger partial charge in [-0.3, -0.25) is 9.59 Å². The SMILES string of the molecule is CN(Cc1ccc(Cl)c(Cl)c1)C(=O)c1cn(CCC(=O)O)c(O)c1O. The van der Waals surface area contributed by atoms with Gasteiger partial charge in [-0.05, 0) is 17.7 Å². The summed E-state index contributed by atoms with van der Waals surface area (Å²) in [7, 11) is 1.52. The molecule has 3 N–H and O–H groups in total. The molecule has 0 radical (unpaired) electrons. The molecule has 2 rings (SSSR count). The number of hydrogen-bond donors (Lipinski definition) is 3. The van der Waals surface area contributed by atoms with Crippen LogP contribution < -0.4 is 0 Å². The van der Waals surface area contributed by atoms with Gasteiger partial charge in [0.1, 0.15) is 5.56 Å². The smallest absolute Gasteiger partial charge is 0.305 e. The molecule has 0 aliphatic rings. The van der Waals surface area contributed by atoms with Crippen LogP contribution in [0.25, 0.3) is 0 Å². The first-order valence-electron chi connectivity index (χ1n) is 7.23. The maximum absolute atomic E-state index is 12.5. The highest BCUT2D eigenvalue weighted by Crippen LogP contribution is 2.32. The summed E-state index contributed by atoms with van der Waals surface area (Å²) >= 11 is 11.8. The summed E-state index contributed by atoms with van der Waals surface area (Å²) in [6.45, 7) is 0.134. The Bertz CT molecular complexity index is 819. The monoisotopic (exact) mass is 386 g/mol. The predicted octanol–water partition coefficient (Wildman–Crippen LogP) is 2.95. The maximum Gasteiger partial charge on any atom is 0.305 e. The van der Waals surface area contributed by atoms with Crippen LogP contribution in [0.4, 0.5) is 0 Å². The fraction of sp³-hybridized carbons (Fsp3) is 0.250. The van der Waals surface area contributed by atoms with Crippen molar-refractivity contribution >= 4 is 35.1 Å². The fourth-order valence-electron chi connectivity index (χ4n) is 2.27. The van der Waals surface area contributed by atoms with Crippen molar-refractivity contribution in [1.82, 2.24) is 9.47 Å². The second kappa shape index (κ2) is 7.67. The summed E-state index contributed by atoms with van der Waals surface area (Å²) in [4.78, 5) is 24.4. The molecule has 1 aromatic carbocycles. The van der Waals surface area contributed by atoms with Crippen molar-refractivity contribution in [3.8, 4) is 11.6 Å². The van der Waals surface area contributed by atoms with Gasteiger partial charge >= 0.3 is 5.97 Å². The zero-order valence-electron chi connectivity index (χ0n) is 13.2. The van der Waals surface area contributed by atoms with E-state index in [1.54, 1.807) is 18.2 Å². The van der Waals surface area contributed by atoms with Crippen LogP contribution in [0.2, 0.25) is 10.0 Å². The number of aromatic hydroxyl groups is 2. The van der Waals surface area contributed by atoms with E-state index in [0.717, 1.165) is 10.1 Å². The summed E-state index contributed by atoms with van der Waals surface area (Å²) < 4.78 is 1.11. The molecular formula is C16H16Cl2N2O5. The van der Waals surface area contributed by atoms with Gasteiger partial charge < -0.3 is 24.8 Å². The van der Waals surface area contributed by atoms with Crippen LogP contribution in [-0.2, 0) is 17.9 Å². The van der Waals surface area contributed by atoms with Gasteiger partial charge in [0.05, 0.1) is 16.5 Å². The number of carbonyl (C=O) groups excluding carboxylic acids is 1. The zero-order valence-corrected chi connectivity index (χ0v) is 14.8. The lowest BCUT2D eigenvalue weighted by atomic mass is 10.2. The van der Waals surface area contributed by atoms with E-state index < -0.39 is 23.5 Å². The van der Waals surface area contributed by atoms with Crippen LogP contribution in [0.15, 0.2) is 24.4 Å². The van der Waals surface area contributed by atoms with Crippen LogP contribution in [0.3, 0.4) is 0 Å². The van der Waals surface area contributed by atoms with Crippen molar-refractivity contribution in [2.75, 3.05) is 7.05 Å². The Labute approximate surface area is 153 Å². The summed E-state index contributed by atoms with van der Waals surface area (Å²) in [5.41, 5.74) is 0.615. The number of nitrogens with zero attached hydrogens (tertiary/aromatic N) is 2. The number of rotatable bonds is 6. The number of carboxylic acids is 1. The first-order chi connectivity index (χ1) is 11.7. The van der Waals surface area contributed by atoms with Crippen LogP contribution in [0, 0.1) is 0 Å². The molecule has 0 saturated carbocycles. The molecule has 2 aromatic rings. The van der Waals surface area contributed by atoms with Crippen molar-refractivity contribution < 1.29 is 24.9 Å². The van der Waals surface area contributed by atoms with Gasteiger partial charge in [-0.25, -0.2) is 0 Å². The molecule has 9 heteroatoms. The molecule has 1 amide bonds. The van der Waals surface area contributed by atoms with Crippen LogP contribution in [0.1, 0.15) is 22.3 Å². The quantitative estimate of drug-likeness (QED) is 0.707. The first-order valence-corrected chi connectivity index (χ1v) is 7.98. The Balaban J connectivity index is 2.17. The molecule has 134 valence electrons. The van der Waals surface area contributed by atoms with Crippen molar-refractivity contribution in [2.45, 2.75) is 19.5 Å². The Kier molecular flexibility index (Phi) is 5.81. The third-order valence-electron chi connectivity index (χ3n) is 3.57. The highest BCUT2D eigenvalue weighted by molar-refractivity contribution is 6.42. The molecule has 0 fully saturated rings.